The van der Waals surface area contributed by atoms with Crippen molar-refractivity contribution >= 4 is 34.0 Å². The van der Waals surface area contributed by atoms with E-state index in [1.54, 1.807) is 13.2 Å². The van der Waals surface area contributed by atoms with Gasteiger partial charge in [0, 0.05) is 35.8 Å². The molecule has 1 unspecified atom stereocenters. The van der Waals surface area contributed by atoms with Gasteiger partial charge in [-0.2, -0.15) is 0 Å². The minimum atomic E-state index is -0.729. The zero-order valence-electron chi connectivity index (χ0n) is 16.3. The standard InChI is InChI=1S/C21H22ClN3O4/c1-27-10-15(26)11-29-20-9-17-16(8-19(20)28-2)21(24-12-23-17)25-6-5-13-3-4-14(22)7-18(13)25/h3-4,7-9,12,15,26H,5-6,10-11H2,1-2H3. The Hall–Kier alpha value is -2.61. The van der Waals surface area contributed by atoms with Gasteiger partial charge >= 0.3 is 0 Å². The average Bonchev–Trinajstić information content (AvgIpc) is 3.14. The van der Waals surface area contributed by atoms with Gasteiger partial charge in [0.25, 0.3) is 0 Å². The molecule has 1 atom stereocenters. The summed E-state index contributed by atoms with van der Waals surface area (Å²) in [5.74, 6) is 1.84. The number of methoxy groups -OCH3 is 2. The Morgan fingerprint density at radius 3 is 2.79 bits per heavy atom. The summed E-state index contributed by atoms with van der Waals surface area (Å²) in [7, 11) is 3.11. The van der Waals surface area contributed by atoms with Gasteiger partial charge in [0.2, 0.25) is 0 Å². The number of benzene rings is 2. The van der Waals surface area contributed by atoms with Gasteiger partial charge in [0.1, 0.15) is 24.9 Å². The maximum Gasteiger partial charge on any atom is 0.163 e. The third-order valence-electron chi connectivity index (χ3n) is 4.89. The van der Waals surface area contributed by atoms with Crippen LogP contribution in [0.25, 0.3) is 10.9 Å². The van der Waals surface area contributed by atoms with Crippen LogP contribution in [0.5, 0.6) is 11.5 Å². The van der Waals surface area contributed by atoms with Gasteiger partial charge < -0.3 is 24.2 Å². The Labute approximate surface area is 173 Å². The van der Waals surface area contributed by atoms with Gasteiger partial charge in [-0.3, -0.25) is 0 Å². The SMILES string of the molecule is COCC(O)COc1cc2ncnc(N3CCc4ccc(Cl)cc43)c2cc1OC. The maximum absolute atomic E-state index is 9.86. The summed E-state index contributed by atoms with van der Waals surface area (Å²) < 4.78 is 16.2. The van der Waals surface area contributed by atoms with E-state index < -0.39 is 6.10 Å². The molecule has 8 heteroatoms. The van der Waals surface area contributed by atoms with Crippen molar-refractivity contribution in [2.24, 2.45) is 0 Å². The molecular formula is C21H22ClN3O4. The van der Waals surface area contributed by atoms with E-state index in [2.05, 4.69) is 20.9 Å². The second-order valence-corrected chi connectivity index (χ2v) is 7.25. The molecule has 3 aromatic rings. The molecule has 2 heterocycles. The van der Waals surface area contributed by atoms with Crippen LogP contribution in [0.15, 0.2) is 36.7 Å². The molecule has 0 radical (unpaired) electrons. The molecule has 152 valence electrons. The van der Waals surface area contributed by atoms with E-state index in [9.17, 15) is 5.11 Å². The number of rotatable bonds is 7. The van der Waals surface area contributed by atoms with Crippen LogP contribution in [0, 0.1) is 0 Å². The lowest BCUT2D eigenvalue weighted by atomic mass is 10.1. The highest BCUT2D eigenvalue weighted by molar-refractivity contribution is 6.31. The molecule has 1 N–H and O–H groups in total. The second-order valence-electron chi connectivity index (χ2n) is 6.81. The lowest BCUT2D eigenvalue weighted by Gasteiger charge is -2.21. The van der Waals surface area contributed by atoms with Crippen molar-refractivity contribution in [3.05, 3.63) is 47.2 Å². The minimum Gasteiger partial charge on any atom is -0.493 e. The van der Waals surface area contributed by atoms with Crippen LogP contribution in [0.4, 0.5) is 11.5 Å². The topological polar surface area (TPSA) is 76.9 Å². The number of halogens is 1. The van der Waals surface area contributed by atoms with Gasteiger partial charge in [-0.25, -0.2) is 9.97 Å². The number of hydrogen-bond donors (Lipinski definition) is 1. The molecule has 0 amide bonds. The lowest BCUT2D eigenvalue weighted by molar-refractivity contribution is 0.0319. The molecular weight excluding hydrogens is 394 g/mol. The van der Waals surface area contributed by atoms with Crippen molar-refractivity contribution in [2.75, 3.05) is 38.9 Å². The summed E-state index contributed by atoms with van der Waals surface area (Å²) >= 11 is 6.22. The Bertz CT molecular complexity index is 1030. The highest BCUT2D eigenvalue weighted by atomic mass is 35.5. The summed E-state index contributed by atoms with van der Waals surface area (Å²) in [4.78, 5) is 11.1. The molecule has 7 nitrogen and oxygen atoms in total. The molecule has 1 aromatic heterocycles. The van der Waals surface area contributed by atoms with Crippen LogP contribution in [-0.4, -0.2) is 55.2 Å². The Morgan fingerprint density at radius 2 is 2.00 bits per heavy atom. The molecule has 1 aliphatic rings. The predicted octanol–water partition coefficient (Wildman–Crippen LogP) is 3.37. The van der Waals surface area contributed by atoms with Gasteiger partial charge in [-0.1, -0.05) is 17.7 Å². The van der Waals surface area contributed by atoms with E-state index >= 15 is 0 Å². The monoisotopic (exact) mass is 415 g/mol. The highest BCUT2D eigenvalue weighted by Crippen LogP contribution is 2.40. The summed E-state index contributed by atoms with van der Waals surface area (Å²) in [5.41, 5.74) is 3.02. The van der Waals surface area contributed by atoms with Crippen LogP contribution in [0.1, 0.15) is 5.56 Å². The number of aliphatic hydroxyl groups is 1. The van der Waals surface area contributed by atoms with E-state index in [1.165, 1.54) is 19.0 Å². The van der Waals surface area contributed by atoms with Crippen molar-refractivity contribution in [3.8, 4) is 11.5 Å². The third kappa shape index (κ3) is 3.94. The molecule has 2 aromatic carbocycles. The average molecular weight is 416 g/mol. The highest BCUT2D eigenvalue weighted by Gasteiger charge is 2.24. The van der Waals surface area contributed by atoms with E-state index in [0.29, 0.717) is 16.5 Å². The van der Waals surface area contributed by atoms with Crippen LogP contribution in [-0.2, 0) is 11.2 Å². The number of aromatic nitrogens is 2. The number of fused-ring (bicyclic) bond motifs is 2. The fraction of sp³-hybridized carbons (Fsp3) is 0.333. The number of nitrogens with zero attached hydrogens (tertiary/aromatic N) is 3. The lowest BCUT2D eigenvalue weighted by Crippen LogP contribution is -2.22. The normalized spacial score (nSPS) is 14.1. The number of ether oxygens (including phenoxy) is 3. The number of aliphatic hydroxyl groups excluding tert-OH is 1. The van der Waals surface area contributed by atoms with Crippen LogP contribution in [0.2, 0.25) is 5.02 Å². The Morgan fingerprint density at radius 1 is 1.14 bits per heavy atom. The fourth-order valence-electron chi connectivity index (χ4n) is 3.54. The molecule has 0 saturated carbocycles. The first-order valence-corrected chi connectivity index (χ1v) is 9.67. The van der Waals surface area contributed by atoms with E-state index in [1.807, 2.05) is 18.2 Å². The van der Waals surface area contributed by atoms with Crippen LogP contribution >= 0.6 is 11.6 Å². The van der Waals surface area contributed by atoms with Gasteiger partial charge in [0.15, 0.2) is 11.5 Å². The first-order chi connectivity index (χ1) is 14.1. The van der Waals surface area contributed by atoms with Crippen molar-refractivity contribution in [1.29, 1.82) is 0 Å². The number of hydrogen-bond acceptors (Lipinski definition) is 7. The van der Waals surface area contributed by atoms with E-state index in [-0.39, 0.29) is 13.2 Å². The van der Waals surface area contributed by atoms with Gasteiger partial charge in [-0.05, 0) is 30.2 Å². The van der Waals surface area contributed by atoms with Crippen molar-refractivity contribution < 1.29 is 19.3 Å². The van der Waals surface area contributed by atoms with Crippen molar-refractivity contribution in [1.82, 2.24) is 9.97 Å². The molecule has 29 heavy (non-hydrogen) atoms. The minimum absolute atomic E-state index is 0.0889. The molecule has 1 aliphatic heterocycles. The largest absolute Gasteiger partial charge is 0.493 e. The van der Waals surface area contributed by atoms with Crippen LogP contribution in [0.3, 0.4) is 0 Å². The maximum atomic E-state index is 9.86. The first-order valence-electron chi connectivity index (χ1n) is 9.29. The predicted molar refractivity (Wildman–Crippen MR) is 112 cm³/mol. The first kappa shape index (κ1) is 19.7. The summed E-state index contributed by atoms with van der Waals surface area (Å²) in [5, 5.41) is 11.4. The van der Waals surface area contributed by atoms with Crippen molar-refractivity contribution in [3.63, 3.8) is 0 Å². The zero-order valence-corrected chi connectivity index (χ0v) is 17.0. The quantitative estimate of drug-likeness (QED) is 0.633. The van der Waals surface area contributed by atoms with E-state index in [0.717, 1.165) is 35.4 Å². The van der Waals surface area contributed by atoms with E-state index in [4.69, 9.17) is 25.8 Å². The third-order valence-corrected chi connectivity index (χ3v) is 5.12. The summed E-state index contributed by atoms with van der Waals surface area (Å²) in [6.45, 7) is 1.09. The molecule has 0 spiro atoms. The van der Waals surface area contributed by atoms with Crippen LogP contribution < -0.4 is 14.4 Å². The van der Waals surface area contributed by atoms with Gasteiger partial charge in [0.05, 0.1) is 19.2 Å². The molecule has 0 fully saturated rings. The Balaban J connectivity index is 1.72. The summed E-state index contributed by atoms with van der Waals surface area (Å²) in [6, 6.07) is 9.59. The number of anilines is 2. The van der Waals surface area contributed by atoms with Gasteiger partial charge in [-0.15, -0.1) is 0 Å². The molecule has 0 saturated heterocycles. The smallest absolute Gasteiger partial charge is 0.163 e. The fourth-order valence-corrected chi connectivity index (χ4v) is 3.70. The second kappa shape index (κ2) is 8.41. The van der Waals surface area contributed by atoms with Crippen molar-refractivity contribution in [2.45, 2.75) is 12.5 Å². The molecule has 0 aliphatic carbocycles. The zero-order chi connectivity index (χ0) is 20.4. The summed E-state index contributed by atoms with van der Waals surface area (Å²) in [6.07, 6.45) is 1.73. The molecule has 0 bridgehead atoms. The Kier molecular flexibility index (Phi) is 5.71. The molecule has 4 rings (SSSR count).